The molecule has 29 heavy (non-hydrogen) atoms. The van der Waals surface area contributed by atoms with Gasteiger partial charge in [0.05, 0.1) is 10.9 Å². The Morgan fingerprint density at radius 2 is 1.97 bits per heavy atom. The molecule has 0 aliphatic carbocycles. The number of nitrogens with zero attached hydrogens (tertiary/aromatic N) is 2. The van der Waals surface area contributed by atoms with Crippen LogP contribution in [0.25, 0.3) is 0 Å². The van der Waals surface area contributed by atoms with Crippen molar-refractivity contribution in [2.24, 2.45) is 10.7 Å². The predicted molar refractivity (Wildman–Crippen MR) is 97.1 cm³/mol. The predicted octanol–water partition coefficient (Wildman–Crippen LogP) is 4.37. The Bertz CT molecular complexity index is 967. The van der Waals surface area contributed by atoms with Gasteiger partial charge in [-0.15, -0.1) is 0 Å². The number of nitrogens with one attached hydrogen (secondary N) is 1. The van der Waals surface area contributed by atoms with Crippen molar-refractivity contribution in [1.82, 2.24) is 4.98 Å². The fraction of sp³-hybridized carbons (Fsp3) is 0.278. The number of aliphatic imine (C=N–C) groups is 1. The summed E-state index contributed by atoms with van der Waals surface area (Å²) in [6, 6.07) is 5.13. The third-order valence-electron chi connectivity index (χ3n) is 4.48. The van der Waals surface area contributed by atoms with E-state index in [1.165, 1.54) is 18.3 Å². The highest BCUT2D eigenvalue weighted by Crippen LogP contribution is 2.51. The number of benzene rings is 1. The SMILES string of the molecule is NC1=N[C@@](c2cc(NC(=O)c3ccc(Cl)cn3)ccc2F)(C(F)F)C(F)(F)CC1. The second-order valence-corrected chi connectivity index (χ2v) is 6.82. The molecule has 1 atom stereocenters. The Morgan fingerprint density at radius 1 is 1.24 bits per heavy atom. The van der Waals surface area contributed by atoms with Crippen LogP contribution in [-0.4, -0.2) is 29.1 Å². The summed E-state index contributed by atoms with van der Waals surface area (Å²) in [5.41, 5.74) is 0.596. The fourth-order valence-electron chi connectivity index (χ4n) is 3.02. The number of amidine groups is 1. The van der Waals surface area contributed by atoms with Crippen molar-refractivity contribution in [1.29, 1.82) is 0 Å². The molecule has 0 unspecified atom stereocenters. The van der Waals surface area contributed by atoms with Crippen LogP contribution in [0.1, 0.15) is 28.9 Å². The van der Waals surface area contributed by atoms with Crippen LogP contribution in [0.2, 0.25) is 5.02 Å². The van der Waals surface area contributed by atoms with Gasteiger partial charge < -0.3 is 11.1 Å². The summed E-state index contributed by atoms with van der Waals surface area (Å²) < 4.78 is 71.4. The van der Waals surface area contributed by atoms with E-state index >= 15 is 0 Å². The minimum absolute atomic E-state index is 0.0749. The van der Waals surface area contributed by atoms with Crippen LogP contribution >= 0.6 is 11.6 Å². The molecule has 0 spiro atoms. The molecule has 2 aromatic rings. The molecule has 0 saturated heterocycles. The molecule has 0 radical (unpaired) electrons. The number of pyridine rings is 1. The molecular weight excluding hydrogens is 419 g/mol. The molecule has 1 aliphatic rings. The van der Waals surface area contributed by atoms with E-state index < -0.39 is 53.9 Å². The Kier molecular flexibility index (Phi) is 5.48. The lowest BCUT2D eigenvalue weighted by Gasteiger charge is -2.40. The maximum atomic E-state index is 14.6. The zero-order chi connectivity index (χ0) is 21.4. The maximum Gasteiger partial charge on any atom is 0.283 e. The van der Waals surface area contributed by atoms with Crippen molar-refractivity contribution in [3.05, 3.63) is 58.6 Å². The summed E-state index contributed by atoms with van der Waals surface area (Å²) in [6.45, 7) is 0. The molecule has 11 heteroatoms. The number of rotatable bonds is 4. The molecule has 1 aliphatic heterocycles. The smallest absolute Gasteiger partial charge is 0.283 e. The fourth-order valence-corrected chi connectivity index (χ4v) is 3.14. The van der Waals surface area contributed by atoms with Crippen LogP contribution in [0.3, 0.4) is 0 Å². The summed E-state index contributed by atoms with van der Waals surface area (Å²) in [4.78, 5) is 19.3. The van der Waals surface area contributed by atoms with E-state index in [2.05, 4.69) is 15.3 Å². The van der Waals surface area contributed by atoms with E-state index in [1.54, 1.807) is 0 Å². The van der Waals surface area contributed by atoms with Crippen LogP contribution in [0.5, 0.6) is 0 Å². The summed E-state index contributed by atoms with van der Waals surface area (Å²) >= 11 is 5.68. The van der Waals surface area contributed by atoms with E-state index in [0.29, 0.717) is 12.1 Å². The van der Waals surface area contributed by atoms with Gasteiger partial charge in [-0.3, -0.25) is 4.79 Å². The van der Waals surface area contributed by atoms with E-state index in [0.717, 1.165) is 6.07 Å². The Balaban J connectivity index is 2.05. The highest BCUT2D eigenvalue weighted by molar-refractivity contribution is 6.30. The number of anilines is 1. The monoisotopic (exact) mass is 432 g/mol. The lowest BCUT2D eigenvalue weighted by molar-refractivity contribution is -0.145. The molecule has 0 fully saturated rings. The number of hydrogen-bond donors (Lipinski definition) is 2. The van der Waals surface area contributed by atoms with Gasteiger partial charge in [-0.1, -0.05) is 11.6 Å². The largest absolute Gasteiger partial charge is 0.387 e. The second kappa shape index (κ2) is 7.58. The van der Waals surface area contributed by atoms with Crippen LogP contribution in [0, 0.1) is 5.82 Å². The third-order valence-corrected chi connectivity index (χ3v) is 4.71. The van der Waals surface area contributed by atoms with Gasteiger partial charge in [0.2, 0.25) is 5.54 Å². The molecule has 0 bridgehead atoms. The summed E-state index contributed by atoms with van der Waals surface area (Å²) in [5, 5.41) is 2.58. The van der Waals surface area contributed by atoms with Gasteiger partial charge in [-0.25, -0.2) is 31.9 Å². The van der Waals surface area contributed by atoms with E-state index in [4.69, 9.17) is 17.3 Å². The maximum absolute atomic E-state index is 14.6. The highest BCUT2D eigenvalue weighted by Gasteiger charge is 2.63. The first-order chi connectivity index (χ1) is 13.6. The van der Waals surface area contributed by atoms with Crippen molar-refractivity contribution < 1.29 is 26.7 Å². The summed E-state index contributed by atoms with van der Waals surface area (Å²) in [6.07, 6.45) is -3.97. The minimum Gasteiger partial charge on any atom is -0.387 e. The van der Waals surface area contributed by atoms with Crippen molar-refractivity contribution in [3.8, 4) is 0 Å². The zero-order valence-corrected chi connectivity index (χ0v) is 15.4. The molecule has 1 aromatic carbocycles. The standard InChI is InChI=1S/C18H14ClF5N4O/c19-9-1-4-13(26-8-9)15(29)27-10-2-3-12(20)11(7-10)18(16(21)22)17(23,24)6-5-14(25)28-18/h1-4,7-8,16H,5-6H2,(H2,25,28)(H,27,29)/t18-/m0/s1. The van der Waals surface area contributed by atoms with Crippen molar-refractivity contribution in [3.63, 3.8) is 0 Å². The molecule has 1 amide bonds. The van der Waals surface area contributed by atoms with Gasteiger partial charge in [0.1, 0.15) is 11.5 Å². The first-order valence-electron chi connectivity index (χ1n) is 8.30. The molecule has 5 nitrogen and oxygen atoms in total. The second-order valence-electron chi connectivity index (χ2n) is 6.39. The number of carbonyl (C=O) groups excluding carboxylic acids is 1. The highest BCUT2D eigenvalue weighted by atomic mass is 35.5. The van der Waals surface area contributed by atoms with Crippen molar-refractivity contribution in [2.75, 3.05) is 5.32 Å². The zero-order valence-electron chi connectivity index (χ0n) is 14.6. The molecule has 3 rings (SSSR count). The molecule has 2 heterocycles. The number of halogens is 6. The van der Waals surface area contributed by atoms with Gasteiger partial charge in [0.15, 0.2) is 0 Å². The number of carbonyl (C=O) groups is 1. The van der Waals surface area contributed by atoms with Crippen LogP contribution in [0.4, 0.5) is 27.6 Å². The third kappa shape index (κ3) is 3.76. The van der Waals surface area contributed by atoms with Crippen molar-refractivity contribution >= 4 is 29.0 Å². The van der Waals surface area contributed by atoms with Crippen LogP contribution in [0.15, 0.2) is 41.5 Å². The normalized spacial score (nSPS) is 21.0. The van der Waals surface area contributed by atoms with E-state index in [9.17, 15) is 26.7 Å². The first-order valence-corrected chi connectivity index (χ1v) is 8.68. The quantitative estimate of drug-likeness (QED) is 0.704. The number of nitrogens with two attached hydrogens (primary N) is 1. The van der Waals surface area contributed by atoms with Crippen LogP contribution in [-0.2, 0) is 5.54 Å². The van der Waals surface area contributed by atoms with Crippen LogP contribution < -0.4 is 11.1 Å². The molecule has 154 valence electrons. The minimum atomic E-state index is -4.06. The molecule has 3 N–H and O–H groups in total. The first kappa shape index (κ1) is 21.0. The number of amides is 1. The van der Waals surface area contributed by atoms with Gasteiger partial charge >= 0.3 is 0 Å². The number of hydrogen-bond acceptors (Lipinski definition) is 4. The molecule has 1 aromatic heterocycles. The van der Waals surface area contributed by atoms with Gasteiger partial charge in [-0.05, 0) is 30.3 Å². The van der Waals surface area contributed by atoms with Gasteiger partial charge in [0.25, 0.3) is 18.3 Å². The van der Waals surface area contributed by atoms with Gasteiger partial charge in [-0.2, -0.15) is 0 Å². The Hall–Kier alpha value is -2.75. The van der Waals surface area contributed by atoms with E-state index in [-0.39, 0.29) is 16.4 Å². The average molecular weight is 433 g/mol. The lowest BCUT2D eigenvalue weighted by Crippen LogP contribution is -2.54. The number of aromatic nitrogens is 1. The lowest BCUT2D eigenvalue weighted by atomic mass is 9.79. The molecular formula is C18H14ClF5N4O. The topological polar surface area (TPSA) is 80.4 Å². The Morgan fingerprint density at radius 3 is 2.59 bits per heavy atom. The Labute approximate surface area is 166 Å². The summed E-state index contributed by atoms with van der Waals surface area (Å²) in [5.74, 6) is -6.60. The number of alkyl halides is 4. The molecule has 0 saturated carbocycles. The van der Waals surface area contributed by atoms with E-state index in [1.807, 2.05) is 0 Å². The van der Waals surface area contributed by atoms with Gasteiger partial charge in [0, 0.05) is 30.3 Å². The average Bonchev–Trinajstić information content (AvgIpc) is 2.65. The van der Waals surface area contributed by atoms with Crippen molar-refractivity contribution in [2.45, 2.75) is 30.7 Å². The summed E-state index contributed by atoms with van der Waals surface area (Å²) in [7, 11) is 0.